The van der Waals surface area contributed by atoms with Gasteiger partial charge in [-0.3, -0.25) is 14.9 Å². The summed E-state index contributed by atoms with van der Waals surface area (Å²) in [5, 5.41) is 19.9. The molecule has 3 N–H and O–H groups in total. The molecule has 1 heterocycles. The second kappa shape index (κ2) is 7.03. The minimum absolute atomic E-state index is 0.00722. The lowest BCUT2D eigenvalue weighted by molar-refractivity contribution is -0.384. The maximum Gasteiger partial charge on any atom is 0.292 e. The first-order valence-electron chi connectivity index (χ1n) is 7.07. The molecule has 21 heavy (non-hydrogen) atoms. The number of anilines is 1. The third-order valence-corrected chi connectivity index (χ3v) is 3.71. The van der Waals surface area contributed by atoms with Crippen molar-refractivity contribution in [2.75, 3.05) is 32.0 Å². The van der Waals surface area contributed by atoms with Crippen LogP contribution in [-0.2, 0) is 0 Å². The van der Waals surface area contributed by atoms with Gasteiger partial charge in [-0.2, -0.15) is 0 Å². The molecular weight excluding hydrogens is 272 g/mol. The molecule has 1 fully saturated rings. The first-order valence-corrected chi connectivity index (χ1v) is 7.07. The van der Waals surface area contributed by atoms with Crippen molar-refractivity contribution >= 4 is 17.3 Å². The first-order chi connectivity index (χ1) is 10.1. The van der Waals surface area contributed by atoms with Gasteiger partial charge in [-0.05, 0) is 44.0 Å². The van der Waals surface area contributed by atoms with Crippen LogP contribution in [0.2, 0.25) is 0 Å². The average Bonchev–Trinajstić information content (AvgIpc) is 2.99. The zero-order chi connectivity index (χ0) is 15.2. The lowest BCUT2D eigenvalue weighted by Crippen LogP contribution is -2.18. The predicted octanol–water partition coefficient (Wildman–Crippen LogP) is 1.37. The van der Waals surface area contributed by atoms with E-state index in [1.54, 1.807) is 0 Å². The lowest BCUT2D eigenvalue weighted by atomic mass is 10.1. The van der Waals surface area contributed by atoms with Crippen LogP contribution in [0.4, 0.5) is 11.4 Å². The number of benzene rings is 1. The fourth-order valence-electron chi connectivity index (χ4n) is 2.49. The van der Waals surface area contributed by atoms with Crippen LogP contribution in [0.1, 0.15) is 23.2 Å². The van der Waals surface area contributed by atoms with Crippen molar-refractivity contribution in [3.05, 3.63) is 33.9 Å². The summed E-state index contributed by atoms with van der Waals surface area (Å²) in [4.78, 5) is 22.2. The molecule has 1 atom stereocenters. The van der Waals surface area contributed by atoms with Gasteiger partial charge in [0.25, 0.3) is 11.6 Å². The highest BCUT2D eigenvalue weighted by molar-refractivity contribution is 5.95. The van der Waals surface area contributed by atoms with Crippen LogP contribution in [0.3, 0.4) is 0 Å². The zero-order valence-corrected chi connectivity index (χ0v) is 12.0. The fraction of sp³-hybridized carbons (Fsp3) is 0.500. The number of carbonyl (C=O) groups is 1. The molecule has 7 nitrogen and oxygen atoms in total. The molecule has 1 unspecified atom stereocenters. The van der Waals surface area contributed by atoms with Crippen molar-refractivity contribution in [3.63, 3.8) is 0 Å². The second-order valence-electron chi connectivity index (χ2n) is 5.14. The average molecular weight is 292 g/mol. The third-order valence-electron chi connectivity index (χ3n) is 3.71. The summed E-state index contributed by atoms with van der Waals surface area (Å²) in [6, 6.07) is 4.36. The number of hydrogen-bond donors (Lipinski definition) is 3. The summed E-state index contributed by atoms with van der Waals surface area (Å²) in [5.41, 5.74) is 0.799. The molecule has 2 rings (SSSR count). The van der Waals surface area contributed by atoms with Crippen LogP contribution in [0.15, 0.2) is 18.2 Å². The van der Waals surface area contributed by atoms with E-state index in [-0.39, 0.29) is 11.6 Å². The molecule has 1 saturated heterocycles. The van der Waals surface area contributed by atoms with E-state index in [4.69, 9.17) is 0 Å². The van der Waals surface area contributed by atoms with E-state index >= 15 is 0 Å². The maximum atomic E-state index is 11.6. The Morgan fingerprint density at radius 1 is 1.52 bits per heavy atom. The molecule has 0 bridgehead atoms. The van der Waals surface area contributed by atoms with Gasteiger partial charge >= 0.3 is 0 Å². The van der Waals surface area contributed by atoms with Crippen LogP contribution in [0.5, 0.6) is 0 Å². The summed E-state index contributed by atoms with van der Waals surface area (Å²) in [6.45, 7) is 2.70. The van der Waals surface area contributed by atoms with E-state index < -0.39 is 4.92 Å². The smallest absolute Gasteiger partial charge is 0.292 e. The van der Waals surface area contributed by atoms with Crippen molar-refractivity contribution < 1.29 is 9.72 Å². The molecular formula is C14H20N4O3. The molecule has 0 radical (unpaired) electrons. The van der Waals surface area contributed by atoms with Gasteiger partial charge < -0.3 is 16.0 Å². The topological polar surface area (TPSA) is 96.3 Å². The molecule has 0 spiro atoms. The van der Waals surface area contributed by atoms with Gasteiger partial charge in [0.1, 0.15) is 5.69 Å². The highest BCUT2D eigenvalue weighted by Crippen LogP contribution is 2.26. The summed E-state index contributed by atoms with van der Waals surface area (Å²) >= 11 is 0. The normalized spacial score (nSPS) is 17.5. The van der Waals surface area contributed by atoms with E-state index in [9.17, 15) is 14.9 Å². The molecule has 1 amide bonds. The maximum absolute atomic E-state index is 11.6. The number of nitrogens with one attached hydrogen (secondary N) is 3. The van der Waals surface area contributed by atoms with E-state index in [2.05, 4.69) is 16.0 Å². The van der Waals surface area contributed by atoms with E-state index in [0.29, 0.717) is 23.7 Å². The van der Waals surface area contributed by atoms with Gasteiger partial charge in [0, 0.05) is 25.2 Å². The number of amides is 1. The Kier molecular flexibility index (Phi) is 5.10. The molecule has 1 aliphatic rings. The van der Waals surface area contributed by atoms with E-state index in [0.717, 1.165) is 25.9 Å². The standard InChI is InChI=1S/C14H20N4O3/c1-15-14(19)11-2-3-13(18(20)21)12(8-11)17-7-5-10-4-6-16-9-10/h2-3,8,10,16-17H,4-7,9H2,1H3,(H,15,19). The van der Waals surface area contributed by atoms with E-state index in [1.807, 2.05) is 0 Å². The third kappa shape index (κ3) is 3.91. The molecule has 7 heteroatoms. The molecule has 0 aliphatic carbocycles. The molecule has 0 saturated carbocycles. The summed E-state index contributed by atoms with van der Waals surface area (Å²) < 4.78 is 0. The number of hydrogen-bond acceptors (Lipinski definition) is 5. The quantitative estimate of drug-likeness (QED) is 0.543. The van der Waals surface area contributed by atoms with Crippen LogP contribution < -0.4 is 16.0 Å². The fourth-order valence-corrected chi connectivity index (χ4v) is 2.49. The Labute approximate surface area is 123 Å². The van der Waals surface area contributed by atoms with Gasteiger partial charge in [0.15, 0.2) is 0 Å². The number of nitrogens with zero attached hydrogens (tertiary/aromatic N) is 1. The molecule has 1 aromatic rings. The number of carbonyl (C=O) groups excluding carboxylic acids is 1. The second-order valence-corrected chi connectivity index (χ2v) is 5.14. The van der Waals surface area contributed by atoms with Crippen LogP contribution in [-0.4, -0.2) is 37.5 Å². The Morgan fingerprint density at radius 2 is 2.33 bits per heavy atom. The lowest BCUT2D eigenvalue weighted by Gasteiger charge is -2.11. The predicted molar refractivity (Wildman–Crippen MR) is 80.6 cm³/mol. The zero-order valence-electron chi connectivity index (χ0n) is 12.0. The van der Waals surface area contributed by atoms with Crippen molar-refractivity contribution in [2.24, 2.45) is 5.92 Å². The van der Waals surface area contributed by atoms with Crippen molar-refractivity contribution in [1.29, 1.82) is 0 Å². The Bertz CT molecular complexity index is 527. The largest absolute Gasteiger partial charge is 0.379 e. The minimum atomic E-state index is -0.437. The van der Waals surface area contributed by atoms with Gasteiger partial charge in [0.2, 0.25) is 0 Å². The van der Waals surface area contributed by atoms with Gasteiger partial charge in [0.05, 0.1) is 4.92 Å². The number of nitro benzene ring substituents is 1. The number of rotatable bonds is 6. The first kappa shape index (κ1) is 15.2. The molecule has 0 aromatic heterocycles. The monoisotopic (exact) mass is 292 g/mol. The molecule has 114 valence electrons. The Hall–Kier alpha value is -2.15. The van der Waals surface area contributed by atoms with Gasteiger partial charge in [-0.25, -0.2) is 0 Å². The molecule has 1 aromatic carbocycles. The van der Waals surface area contributed by atoms with Crippen molar-refractivity contribution in [1.82, 2.24) is 10.6 Å². The van der Waals surface area contributed by atoms with E-state index in [1.165, 1.54) is 25.2 Å². The summed E-state index contributed by atoms with van der Waals surface area (Å²) in [6.07, 6.45) is 2.09. The van der Waals surface area contributed by atoms with Gasteiger partial charge in [-0.15, -0.1) is 0 Å². The van der Waals surface area contributed by atoms with Gasteiger partial charge in [-0.1, -0.05) is 0 Å². The Morgan fingerprint density at radius 3 is 2.95 bits per heavy atom. The van der Waals surface area contributed by atoms with Crippen molar-refractivity contribution in [2.45, 2.75) is 12.8 Å². The summed E-state index contributed by atoms with van der Waals surface area (Å²) in [5.74, 6) is 0.353. The van der Waals surface area contributed by atoms with Crippen LogP contribution in [0, 0.1) is 16.0 Å². The Balaban J connectivity index is 2.06. The minimum Gasteiger partial charge on any atom is -0.379 e. The molecule has 1 aliphatic heterocycles. The SMILES string of the molecule is CNC(=O)c1ccc([N+](=O)[O-])c(NCCC2CCNC2)c1. The highest BCUT2D eigenvalue weighted by Gasteiger charge is 2.18. The van der Waals surface area contributed by atoms with Crippen LogP contribution in [0.25, 0.3) is 0 Å². The van der Waals surface area contributed by atoms with Crippen LogP contribution >= 0.6 is 0 Å². The van der Waals surface area contributed by atoms with Crippen molar-refractivity contribution in [3.8, 4) is 0 Å². The number of nitro groups is 1. The summed E-state index contributed by atoms with van der Waals surface area (Å²) in [7, 11) is 1.53. The highest BCUT2D eigenvalue weighted by atomic mass is 16.6.